The molecule has 0 spiro atoms. The second-order valence-electron chi connectivity index (χ2n) is 4.07. The van der Waals surface area contributed by atoms with E-state index < -0.39 is 0 Å². The summed E-state index contributed by atoms with van der Waals surface area (Å²) < 4.78 is 2.01. The highest BCUT2D eigenvalue weighted by atomic mass is 32.1. The van der Waals surface area contributed by atoms with E-state index in [1.807, 2.05) is 17.8 Å². The lowest BCUT2D eigenvalue weighted by atomic mass is 10.3. The number of aryl methyl sites for hydroxylation is 2. The van der Waals surface area contributed by atoms with Crippen molar-refractivity contribution in [1.82, 2.24) is 20.1 Å². The number of thiazole rings is 1. The molecule has 0 aromatic carbocycles. The van der Waals surface area contributed by atoms with Crippen LogP contribution in [0.2, 0.25) is 0 Å². The predicted octanol–water partition coefficient (Wildman–Crippen LogP) is 2.52. The number of hydrogen-bond donors (Lipinski definition) is 1. The van der Waals surface area contributed by atoms with Gasteiger partial charge in [-0.3, -0.25) is 4.68 Å². The maximum Gasteiger partial charge on any atom is 0.110 e. The lowest BCUT2D eigenvalue weighted by Gasteiger charge is -2.11. The van der Waals surface area contributed by atoms with Crippen molar-refractivity contribution in [1.29, 1.82) is 0 Å². The number of aromatic nitrogens is 3. The van der Waals surface area contributed by atoms with Crippen LogP contribution in [0.5, 0.6) is 0 Å². The molecule has 1 atom stereocenters. The Kier molecular flexibility index (Phi) is 3.91. The van der Waals surface area contributed by atoms with Crippen LogP contribution in [0, 0.1) is 6.92 Å². The average molecular weight is 250 g/mol. The molecule has 1 unspecified atom stereocenters. The molecule has 0 aliphatic heterocycles. The van der Waals surface area contributed by atoms with Crippen LogP contribution in [0.1, 0.15) is 36.3 Å². The molecule has 2 aromatic heterocycles. The molecular formula is C12H18N4S. The summed E-state index contributed by atoms with van der Waals surface area (Å²) >= 11 is 1.71. The van der Waals surface area contributed by atoms with Gasteiger partial charge >= 0.3 is 0 Å². The smallest absolute Gasteiger partial charge is 0.110 e. The number of rotatable bonds is 5. The average Bonchev–Trinajstić information content (AvgIpc) is 2.94. The van der Waals surface area contributed by atoms with Gasteiger partial charge in [0.15, 0.2) is 0 Å². The number of nitrogens with zero attached hydrogens (tertiary/aromatic N) is 3. The van der Waals surface area contributed by atoms with E-state index in [4.69, 9.17) is 0 Å². The van der Waals surface area contributed by atoms with E-state index in [0.29, 0.717) is 0 Å². The lowest BCUT2D eigenvalue weighted by molar-refractivity contribution is 0.529. The van der Waals surface area contributed by atoms with Crippen molar-refractivity contribution in [2.45, 2.75) is 39.9 Å². The molecule has 2 heterocycles. The van der Waals surface area contributed by atoms with Gasteiger partial charge in [-0.05, 0) is 26.8 Å². The van der Waals surface area contributed by atoms with Gasteiger partial charge in [0, 0.05) is 30.4 Å². The molecule has 17 heavy (non-hydrogen) atoms. The molecule has 0 amide bonds. The summed E-state index contributed by atoms with van der Waals surface area (Å²) in [5.74, 6) is 0. The Morgan fingerprint density at radius 3 is 3.00 bits per heavy atom. The zero-order valence-corrected chi connectivity index (χ0v) is 11.3. The predicted molar refractivity (Wildman–Crippen MR) is 70.0 cm³/mol. The molecule has 2 aromatic rings. The van der Waals surface area contributed by atoms with Crippen molar-refractivity contribution in [3.05, 3.63) is 34.0 Å². The van der Waals surface area contributed by atoms with Crippen LogP contribution in [0.15, 0.2) is 17.6 Å². The fourth-order valence-electron chi connectivity index (χ4n) is 1.71. The molecule has 5 heteroatoms. The molecule has 0 saturated carbocycles. The molecule has 0 radical (unpaired) electrons. The highest BCUT2D eigenvalue weighted by Gasteiger charge is 2.09. The van der Waals surface area contributed by atoms with Gasteiger partial charge in [0.05, 0.1) is 11.7 Å². The second kappa shape index (κ2) is 5.42. The first-order chi connectivity index (χ1) is 8.20. The minimum absolute atomic E-state index is 0.286. The fourth-order valence-corrected chi connectivity index (χ4v) is 2.54. The fraction of sp³-hybridized carbons (Fsp3) is 0.500. The van der Waals surface area contributed by atoms with Crippen molar-refractivity contribution < 1.29 is 0 Å². The van der Waals surface area contributed by atoms with Gasteiger partial charge in [0.25, 0.3) is 0 Å². The van der Waals surface area contributed by atoms with Crippen LogP contribution in [0.25, 0.3) is 0 Å². The van der Waals surface area contributed by atoms with Gasteiger partial charge in [-0.25, -0.2) is 4.98 Å². The second-order valence-corrected chi connectivity index (χ2v) is 4.96. The van der Waals surface area contributed by atoms with Gasteiger partial charge in [-0.1, -0.05) is 0 Å². The van der Waals surface area contributed by atoms with Gasteiger partial charge in [0.2, 0.25) is 0 Å². The molecule has 1 N–H and O–H groups in total. The molecule has 0 saturated heterocycles. The molecule has 0 fully saturated rings. The molecular weight excluding hydrogens is 232 g/mol. The first-order valence-corrected chi connectivity index (χ1v) is 6.74. The summed E-state index contributed by atoms with van der Waals surface area (Å²) in [6.07, 6.45) is 1.85. The van der Waals surface area contributed by atoms with E-state index in [1.165, 1.54) is 5.69 Å². The Bertz CT molecular complexity index is 474. The molecule has 4 nitrogen and oxygen atoms in total. The minimum Gasteiger partial charge on any atom is -0.302 e. The summed E-state index contributed by atoms with van der Waals surface area (Å²) in [5.41, 5.74) is 2.31. The van der Waals surface area contributed by atoms with E-state index in [-0.39, 0.29) is 6.04 Å². The Morgan fingerprint density at radius 2 is 2.35 bits per heavy atom. The zero-order valence-electron chi connectivity index (χ0n) is 10.5. The third-order valence-electron chi connectivity index (χ3n) is 2.70. The van der Waals surface area contributed by atoms with Crippen LogP contribution in [-0.2, 0) is 13.1 Å². The van der Waals surface area contributed by atoms with Crippen molar-refractivity contribution in [2.75, 3.05) is 0 Å². The van der Waals surface area contributed by atoms with Crippen LogP contribution >= 0.6 is 11.3 Å². The maximum atomic E-state index is 4.49. The lowest BCUT2D eigenvalue weighted by Crippen LogP contribution is -2.20. The van der Waals surface area contributed by atoms with Crippen molar-refractivity contribution >= 4 is 11.3 Å². The maximum absolute atomic E-state index is 4.49. The normalized spacial score (nSPS) is 12.9. The Morgan fingerprint density at radius 1 is 1.53 bits per heavy atom. The Balaban J connectivity index is 1.94. The van der Waals surface area contributed by atoms with Crippen molar-refractivity contribution in [3.8, 4) is 0 Å². The third kappa shape index (κ3) is 2.92. The topological polar surface area (TPSA) is 42.7 Å². The van der Waals surface area contributed by atoms with Crippen LogP contribution in [0.3, 0.4) is 0 Å². The minimum atomic E-state index is 0.286. The van der Waals surface area contributed by atoms with Gasteiger partial charge in [0.1, 0.15) is 5.01 Å². The molecule has 0 bridgehead atoms. The summed E-state index contributed by atoms with van der Waals surface area (Å²) in [4.78, 5) is 4.49. The highest BCUT2D eigenvalue weighted by molar-refractivity contribution is 7.09. The highest BCUT2D eigenvalue weighted by Crippen LogP contribution is 2.17. The number of hydrogen-bond acceptors (Lipinski definition) is 4. The summed E-state index contributed by atoms with van der Waals surface area (Å²) in [5, 5.41) is 11.0. The van der Waals surface area contributed by atoms with E-state index in [2.05, 4.69) is 40.7 Å². The number of nitrogens with one attached hydrogen (secondary N) is 1. The Hall–Kier alpha value is -1.20. The van der Waals surface area contributed by atoms with Gasteiger partial charge < -0.3 is 5.32 Å². The van der Waals surface area contributed by atoms with Crippen molar-refractivity contribution in [2.24, 2.45) is 0 Å². The van der Waals surface area contributed by atoms with E-state index in [9.17, 15) is 0 Å². The van der Waals surface area contributed by atoms with Gasteiger partial charge in [-0.15, -0.1) is 11.3 Å². The van der Waals surface area contributed by atoms with Crippen LogP contribution in [0.4, 0.5) is 0 Å². The van der Waals surface area contributed by atoms with E-state index in [1.54, 1.807) is 11.3 Å². The standard InChI is InChI=1S/C12H18N4S/c1-4-16-11(5-6-14-16)7-13-10(3)12-15-9(2)8-17-12/h5-6,8,10,13H,4,7H2,1-3H3. The first kappa shape index (κ1) is 12.3. The summed E-state index contributed by atoms with van der Waals surface area (Å²) in [6, 6.07) is 2.34. The molecule has 2 rings (SSSR count). The third-order valence-corrected chi connectivity index (χ3v) is 3.85. The molecule has 0 aliphatic rings. The SMILES string of the molecule is CCn1nccc1CNC(C)c1nc(C)cs1. The Labute approximate surface area is 106 Å². The molecule has 92 valence electrons. The zero-order chi connectivity index (χ0) is 12.3. The monoisotopic (exact) mass is 250 g/mol. The van der Waals surface area contributed by atoms with Crippen LogP contribution in [-0.4, -0.2) is 14.8 Å². The van der Waals surface area contributed by atoms with E-state index in [0.717, 1.165) is 23.8 Å². The van der Waals surface area contributed by atoms with E-state index >= 15 is 0 Å². The van der Waals surface area contributed by atoms with Crippen LogP contribution < -0.4 is 5.32 Å². The quantitative estimate of drug-likeness (QED) is 0.886. The summed E-state index contributed by atoms with van der Waals surface area (Å²) in [7, 11) is 0. The summed E-state index contributed by atoms with van der Waals surface area (Å²) in [6.45, 7) is 8.01. The van der Waals surface area contributed by atoms with Gasteiger partial charge in [-0.2, -0.15) is 5.10 Å². The molecule has 0 aliphatic carbocycles. The first-order valence-electron chi connectivity index (χ1n) is 5.86. The largest absolute Gasteiger partial charge is 0.302 e. The van der Waals surface area contributed by atoms with Crippen molar-refractivity contribution in [3.63, 3.8) is 0 Å².